The average molecular weight is 443 g/mol. The summed E-state index contributed by atoms with van der Waals surface area (Å²) in [7, 11) is 1.51. The Labute approximate surface area is 170 Å². The second-order valence-corrected chi connectivity index (χ2v) is 7.00. The van der Waals surface area contributed by atoms with Crippen LogP contribution < -0.4 is 15.8 Å². The van der Waals surface area contributed by atoms with Crippen LogP contribution in [0.1, 0.15) is 13.3 Å². The van der Waals surface area contributed by atoms with Crippen LogP contribution in [0.2, 0.25) is 0 Å². The lowest BCUT2D eigenvalue weighted by molar-refractivity contribution is -0.118. The van der Waals surface area contributed by atoms with E-state index in [4.69, 9.17) is 0 Å². The van der Waals surface area contributed by atoms with Gasteiger partial charge in [-0.25, -0.2) is 4.98 Å². The predicted octanol–water partition coefficient (Wildman–Crippen LogP) is 3.17. The normalized spacial score (nSPS) is 10.7. The van der Waals surface area contributed by atoms with E-state index < -0.39 is 5.56 Å². The van der Waals surface area contributed by atoms with Crippen molar-refractivity contribution in [3.63, 3.8) is 0 Å². The van der Waals surface area contributed by atoms with Gasteiger partial charge in [0.1, 0.15) is 6.54 Å². The summed E-state index contributed by atoms with van der Waals surface area (Å²) in [6.07, 6.45) is 0.243. The van der Waals surface area contributed by atoms with Gasteiger partial charge in [-0.2, -0.15) is 0 Å². The summed E-state index contributed by atoms with van der Waals surface area (Å²) in [5.74, 6) is -0.593. The fourth-order valence-corrected chi connectivity index (χ4v) is 3.19. The summed E-state index contributed by atoms with van der Waals surface area (Å²) < 4.78 is 2.08. The SMILES string of the molecule is CCC(=O)N(C)c1nc2ccccc2n(CC(=O)Nc2ccccc2Br)c1=O. The van der Waals surface area contributed by atoms with E-state index in [0.29, 0.717) is 16.7 Å². The van der Waals surface area contributed by atoms with Crippen LogP contribution in [-0.2, 0) is 16.1 Å². The zero-order chi connectivity index (χ0) is 20.3. The quantitative estimate of drug-likeness (QED) is 0.657. The van der Waals surface area contributed by atoms with E-state index in [2.05, 4.69) is 26.2 Å². The van der Waals surface area contributed by atoms with Crippen LogP contribution in [-0.4, -0.2) is 28.4 Å². The van der Waals surface area contributed by atoms with Crippen LogP contribution in [0.25, 0.3) is 11.0 Å². The van der Waals surface area contributed by atoms with E-state index in [1.54, 1.807) is 43.3 Å². The van der Waals surface area contributed by atoms with Crippen molar-refractivity contribution in [2.75, 3.05) is 17.3 Å². The van der Waals surface area contributed by atoms with E-state index in [9.17, 15) is 14.4 Å². The first-order valence-corrected chi connectivity index (χ1v) is 9.52. The number of carbonyl (C=O) groups excluding carboxylic acids is 2. The largest absolute Gasteiger partial charge is 0.324 e. The Morgan fingerprint density at radius 2 is 1.82 bits per heavy atom. The molecule has 3 rings (SSSR count). The second kappa shape index (κ2) is 8.35. The number of carbonyl (C=O) groups is 2. The molecule has 0 aliphatic carbocycles. The van der Waals surface area contributed by atoms with E-state index in [-0.39, 0.29) is 30.6 Å². The standard InChI is InChI=1S/C20H19BrN4O3/c1-3-18(27)24(2)19-20(28)25(16-11-7-6-10-15(16)23-19)12-17(26)22-14-9-5-4-8-13(14)21/h4-11H,3,12H2,1-2H3,(H,22,26). The maximum absolute atomic E-state index is 13.0. The molecule has 3 aromatic rings. The molecular weight excluding hydrogens is 424 g/mol. The Kier molecular flexibility index (Phi) is 5.89. The van der Waals surface area contributed by atoms with Crippen molar-refractivity contribution < 1.29 is 9.59 Å². The van der Waals surface area contributed by atoms with Crippen molar-refractivity contribution in [2.24, 2.45) is 0 Å². The van der Waals surface area contributed by atoms with Crippen LogP contribution >= 0.6 is 15.9 Å². The minimum atomic E-state index is -0.495. The lowest BCUT2D eigenvalue weighted by Crippen LogP contribution is -2.36. The molecule has 1 N–H and O–H groups in total. The number of fused-ring (bicyclic) bond motifs is 1. The Bertz CT molecular complexity index is 1110. The molecule has 2 amide bonds. The number of halogens is 1. The molecule has 7 nitrogen and oxygen atoms in total. The van der Waals surface area contributed by atoms with Gasteiger partial charge in [0, 0.05) is 17.9 Å². The number of aromatic nitrogens is 2. The van der Waals surface area contributed by atoms with Crippen molar-refractivity contribution in [3.05, 3.63) is 63.4 Å². The number of para-hydroxylation sites is 3. The van der Waals surface area contributed by atoms with Gasteiger partial charge in [0.25, 0.3) is 5.56 Å². The van der Waals surface area contributed by atoms with E-state index in [0.717, 1.165) is 4.47 Å². The van der Waals surface area contributed by atoms with E-state index in [1.807, 2.05) is 12.1 Å². The summed E-state index contributed by atoms with van der Waals surface area (Å²) in [4.78, 5) is 43.3. The van der Waals surface area contributed by atoms with Crippen molar-refractivity contribution in [3.8, 4) is 0 Å². The highest BCUT2D eigenvalue weighted by molar-refractivity contribution is 9.10. The third-order valence-electron chi connectivity index (χ3n) is 4.28. The molecule has 144 valence electrons. The van der Waals surface area contributed by atoms with Crippen molar-refractivity contribution in [1.82, 2.24) is 9.55 Å². The number of anilines is 2. The predicted molar refractivity (Wildman–Crippen MR) is 112 cm³/mol. The Hall–Kier alpha value is -3.00. The van der Waals surface area contributed by atoms with Crippen LogP contribution in [0.15, 0.2) is 57.8 Å². The summed E-state index contributed by atoms with van der Waals surface area (Å²) in [5, 5.41) is 2.79. The molecule has 0 fully saturated rings. The maximum atomic E-state index is 13.0. The molecule has 0 atom stereocenters. The molecule has 0 saturated heterocycles. The van der Waals surface area contributed by atoms with Crippen molar-refractivity contribution in [1.29, 1.82) is 0 Å². The van der Waals surface area contributed by atoms with Crippen LogP contribution in [0, 0.1) is 0 Å². The minimum absolute atomic E-state index is 0.000702. The molecule has 0 bridgehead atoms. The molecule has 0 aliphatic rings. The van der Waals surface area contributed by atoms with Gasteiger partial charge in [0.15, 0.2) is 0 Å². The zero-order valence-corrected chi connectivity index (χ0v) is 17.1. The van der Waals surface area contributed by atoms with Crippen LogP contribution in [0.4, 0.5) is 11.5 Å². The smallest absolute Gasteiger partial charge is 0.294 e. The van der Waals surface area contributed by atoms with Crippen LogP contribution in [0.3, 0.4) is 0 Å². The first-order valence-electron chi connectivity index (χ1n) is 8.73. The number of amides is 2. The van der Waals surface area contributed by atoms with E-state index >= 15 is 0 Å². The van der Waals surface area contributed by atoms with Gasteiger partial charge in [-0.15, -0.1) is 0 Å². The molecule has 28 heavy (non-hydrogen) atoms. The Morgan fingerprint density at radius 1 is 1.14 bits per heavy atom. The van der Waals surface area contributed by atoms with Gasteiger partial charge >= 0.3 is 0 Å². The highest BCUT2D eigenvalue weighted by Crippen LogP contribution is 2.21. The van der Waals surface area contributed by atoms with Gasteiger partial charge < -0.3 is 5.32 Å². The van der Waals surface area contributed by atoms with Crippen molar-refractivity contribution >= 4 is 50.3 Å². The number of rotatable bonds is 5. The summed E-state index contributed by atoms with van der Waals surface area (Å²) in [6, 6.07) is 14.2. The molecular formula is C20H19BrN4O3. The number of hydrogen-bond donors (Lipinski definition) is 1. The third kappa shape index (κ3) is 3.96. The number of hydrogen-bond acceptors (Lipinski definition) is 4. The lowest BCUT2D eigenvalue weighted by atomic mass is 10.2. The average Bonchev–Trinajstić information content (AvgIpc) is 2.70. The summed E-state index contributed by atoms with van der Waals surface area (Å²) in [6.45, 7) is 1.51. The Balaban J connectivity index is 2.03. The fraction of sp³-hybridized carbons (Fsp3) is 0.200. The van der Waals surface area contributed by atoms with Crippen molar-refractivity contribution in [2.45, 2.75) is 19.9 Å². The lowest BCUT2D eigenvalue weighted by Gasteiger charge is -2.18. The molecule has 0 radical (unpaired) electrons. The Morgan fingerprint density at radius 3 is 2.54 bits per heavy atom. The van der Waals surface area contributed by atoms with E-state index in [1.165, 1.54) is 16.5 Å². The number of benzene rings is 2. The zero-order valence-electron chi connectivity index (χ0n) is 15.5. The van der Waals surface area contributed by atoms with Gasteiger partial charge in [-0.3, -0.25) is 23.9 Å². The van der Waals surface area contributed by atoms with Gasteiger partial charge in [-0.05, 0) is 40.2 Å². The summed E-state index contributed by atoms with van der Waals surface area (Å²) in [5.41, 5.74) is 1.17. The fourth-order valence-electron chi connectivity index (χ4n) is 2.81. The molecule has 0 aliphatic heterocycles. The first kappa shape index (κ1) is 19.8. The molecule has 1 aromatic heterocycles. The highest BCUT2D eigenvalue weighted by Gasteiger charge is 2.19. The third-order valence-corrected chi connectivity index (χ3v) is 4.97. The topological polar surface area (TPSA) is 84.3 Å². The monoisotopic (exact) mass is 442 g/mol. The molecule has 0 spiro atoms. The minimum Gasteiger partial charge on any atom is -0.324 e. The second-order valence-electron chi connectivity index (χ2n) is 6.15. The molecule has 8 heteroatoms. The van der Waals surface area contributed by atoms with Crippen LogP contribution in [0.5, 0.6) is 0 Å². The van der Waals surface area contributed by atoms with Gasteiger partial charge in [0.05, 0.1) is 16.7 Å². The number of nitrogens with zero attached hydrogens (tertiary/aromatic N) is 3. The van der Waals surface area contributed by atoms with Gasteiger partial charge in [-0.1, -0.05) is 31.2 Å². The summed E-state index contributed by atoms with van der Waals surface area (Å²) >= 11 is 3.38. The first-order chi connectivity index (χ1) is 13.4. The molecule has 0 saturated carbocycles. The molecule has 1 heterocycles. The molecule has 0 unspecified atom stereocenters. The number of nitrogens with one attached hydrogen (secondary N) is 1. The maximum Gasteiger partial charge on any atom is 0.294 e. The molecule has 2 aromatic carbocycles. The highest BCUT2D eigenvalue weighted by atomic mass is 79.9. The van der Waals surface area contributed by atoms with Gasteiger partial charge in [0.2, 0.25) is 17.6 Å².